The lowest BCUT2D eigenvalue weighted by atomic mass is 10.1. The molecule has 2 heterocycles. The van der Waals surface area contributed by atoms with Crippen LogP contribution >= 0.6 is 11.6 Å². The van der Waals surface area contributed by atoms with Gasteiger partial charge in [-0.2, -0.15) is 0 Å². The van der Waals surface area contributed by atoms with E-state index in [1.807, 2.05) is 0 Å². The van der Waals surface area contributed by atoms with Crippen molar-refractivity contribution in [2.75, 3.05) is 20.3 Å². The zero-order valence-electron chi connectivity index (χ0n) is 16.7. The number of benzene rings is 2. The van der Waals surface area contributed by atoms with Crippen molar-refractivity contribution < 1.29 is 14.1 Å². The van der Waals surface area contributed by atoms with E-state index in [2.05, 4.69) is 15.1 Å². The van der Waals surface area contributed by atoms with Crippen molar-refractivity contribution in [3.05, 3.63) is 81.5 Å². The lowest BCUT2D eigenvalue weighted by Crippen LogP contribution is -2.35. The van der Waals surface area contributed by atoms with Crippen LogP contribution in [-0.4, -0.2) is 46.2 Å². The summed E-state index contributed by atoms with van der Waals surface area (Å²) in [6.07, 6.45) is 0. The van der Waals surface area contributed by atoms with Crippen molar-refractivity contribution in [3.8, 4) is 11.3 Å². The fraction of sp³-hybridized carbons (Fsp3) is 0.182. The van der Waals surface area contributed by atoms with E-state index in [-0.39, 0.29) is 30.2 Å². The molecule has 0 aliphatic carbocycles. The van der Waals surface area contributed by atoms with Crippen molar-refractivity contribution in [1.29, 1.82) is 0 Å². The Morgan fingerprint density at radius 3 is 2.74 bits per heavy atom. The average molecular weight is 439 g/mol. The summed E-state index contributed by atoms with van der Waals surface area (Å²) in [5.41, 5.74) is 1.20. The van der Waals surface area contributed by atoms with Gasteiger partial charge in [-0.15, -0.1) is 0 Å². The Hall–Kier alpha value is -3.49. The number of aromatic nitrogens is 3. The first kappa shape index (κ1) is 20.8. The highest BCUT2D eigenvalue weighted by atomic mass is 35.5. The third-order valence-corrected chi connectivity index (χ3v) is 4.97. The normalized spacial score (nSPS) is 11.0. The van der Waals surface area contributed by atoms with Gasteiger partial charge in [0.05, 0.1) is 24.1 Å². The lowest BCUT2D eigenvalue weighted by Gasteiger charge is -2.20. The van der Waals surface area contributed by atoms with E-state index in [0.717, 1.165) is 5.56 Å². The molecular formula is C22H19ClN4O4. The minimum Gasteiger partial charge on any atom is -0.383 e. The number of carbonyl (C=O) groups excluding carboxylic acids is 1. The van der Waals surface area contributed by atoms with Gasteiger partial charge in [-0.1, -0.05) is 28.9 Å². The summed E-state index contributed by atoms with van der Waals surface area (Å²) >= 11 is 5.92. The molecule has 8 nitrogen and oxygen atoms in total. The monoisotopic (exact) mass is 438 g/mol. The summed E-state index contributed by atoms with van der Waals surface area (Å²) in [5, 5.41) is 5.01. The largest absolute Gasteiger partial charge is 0.383 e. The van der Waals surface area contributed by atoms with Gasteiger partial charge in [0.25, 0.3) is 11.5 Å². The number of hydrogen-bond acceptors (Lipinski definition) is 6. The summed E-state index contributed by atoms with van der Waals surface area (Å²) in [6, 6.07) is 15.6. The quantitative estimate of drug-likeness (QED) is 0.473. The minimum absolute atomic E-state index is 0.0887. The van der Waals surface area contributed by atoms with E-state index >= 15 is 0 Å². The molecule has 1 N–H and O–H groups in total. The molecule has 0 fully saturated rings. The highest BCUT2D eigenvalue weighted by Gasteiger charge is 2.22. The van der Waals surface area contributed by atoms with Crippen LogP contribution in [-0.2, 0) is 11.3 Å². The van der Waals surface area contributed by atoms with Gasteiger partial charge in [-0.25, -0.2) is 4.98 Å². The Kier molecular flexibility index (Phi) is 6.11. The molecule has 4 aromatic rings. The second kappa shape index (κ2) is 9.11. The van der Waals surface area contributed by atoms with E-state index in [1.165, 1.54) is 4.90 Å². The summed E-state index contributed by atoms with van der Waals surface area (Å²) in [7, 11) is 1.55. The Morgan fingerprint density at radius 2 is 1.97 bits per heavy atom. The van der Waals surface area contributed by atoms with Crippen molar-refractivity contribution in [2.24, 2.45) is 0 Å². The van der Waals surface area contributed by atoms with Gasteiger partial charge in [0, 0.05) is 30.3 Å². The highest BCUT2D eigenvalue weighted by Crippen LogP contribution is 2.23. The van der Waals surface area contributed by atoms with Crippen molar-refractivity contribution in [3.63, 3.8) is 0 Å². The number of nitrogens with zero attached hydrogens (tertiary/aromatic N) is 3. The second-order valence-electron chi connectivity index (χ2n) is 6.83. The first-order valence-corrected chi connectivity index (χ1v) is 9.92. The van der Waals surface area contributed by atoms with Crippen LogP contribution in [0.15, 0.2) is 63.9 Å². The van der Waals surface area contributed by atoms with Gasteiger partial charge < -0.3 is 19.1 Å². The van der Waals surface area contributed by atoms with Crippen molar-refractivity contribution in [1.82, 2.24) is 20.0 Å². The predicted octanol–water partition coefficient (Wildman–Crippen LogP) is 3.52. The molecule has 0 bridgehead atoms. The van der Waals surface area contributed by atoms with Crippen molar-refractivity contribution >= 4 is 28.4 Å². The van der Waals surface area contributed by atoms with Crippen LogP contribution in [0.3, 0.4) is 0 Å². The first-order valence-electron chi connectivity index (χ1n) is 9.54. The number of amides is 1. The maximum atomic E-state index is 13.1. The molecule has 0 atom stereocenters. The topological polar surface area (TPSA) is 101 Å². The molecule has 0 saturated carbocycles. The zero-order chi connectivity index (χ0) is 21.8. The number of H-pyrrole nitrogens is 1. The molecule has 31 heavy (non-hydrogen) atoms. The number of hydrogen-bond donors (Lipinski definition) is 1. The summed E-state index contributed by atoms with van der Waals surface area (Å²) in [6.45, 7) is 0.686. The third kappa shape index (κ3) is 4.65. The lowest BCUT2D eigenvalue weighted by molar-refractivity contribution is 0.0665. The van der Waals surface area contributed by atoms with Crippen LogP contribution < -0.4 is 5.56 Å². The van der Waals surface area contributed by atoms with Gasteiger partial charge in [0.1, 0.15) is 5.82 Å². The second-order valence-corrected chi connectivity index (χ2v) is 7.27. The third-order valence-electron chi connectivity index (χ3n) is 4.71. The van der Waals surface area contributed by atoms with Gasteiger partial charge in [-0.05, 0) is 36.4 Å². The number of para-hydroxylation sites is 1. The molecule has 9 heteroatoms. The number of rotatable bonds is 7. The standard InChI is InChI=1S/C22H19ClN4O4/c1-30-11-10-27(13-20-24-17-5-3-2-4-16(17)21(28)25-20)22(29)18-12-19(31-26-18)14-6-8-15(23)9-7-14/h2-9,12H,10-11,13H2,1H3,(H,24,25,28). The van der Waals surface area contributed by atoms with E-state index in [4.69, 9.17) is 20.9 Å². The van der Waals surface area contributed by atoms with Gasteiger partial charge in [-0.3, -0.25) is 9.59 Å². The molecule has 2 aromatic heterocycles. The number of carbonyl (C=O) groups is 1. The number of fused-ring (bicyclic) bond motifs is 1. The molecule has 2 aromatic carbocycles. The summed E-state index contributed by atoms with van der Waals surface area (Å²) in [4.78, 5) is 34.2. The fourth-order valence-electron chi connectivity index (χ4n) is 3.13. The SMILES string of the molecule is COCCN(Cc1nc2ccccc2c(=O)[nH]1)C(=O)c1cc(-c2ccc(Cl)cc2)on1. The molecular weight excluding hydrogens is 420 g/mol. The molecule has 158 valence electrons. The highest BCUT2D eigenvalue weighted by molar-refractivity contribution is 6.30. The van der Waals surface area contributed by atoms with Gasteiger partial charge in [0.15, 0.2) is 11.5 Å². The Morgan fingerprint density at radius 1 is 1.19 bits per heavy atom. The number of ether oxygens (including phenoxy) is 1. The molecule has 0 aliphatic rings. The number of aromatic amines is 1. The maximum absolute atomic E-state index is 13.1. The Balaban J connectivity index is 1.60. The predicted molar refractivity (Wildman–Crippen MR) is 116 cm³/mol. The van der Waals surface area contributed by atoms with Crippen LogP contribution in [0.2, 0.25) is 5.02 Å². The number of methoxy groups -OCH3 is 1. The average Bonchev–Trinajstić information content (AvgIpc) is 3.27. The molecule has 0 saturated heterocycles. The van der Waals surface area contributed by atoms with Crippen LogP contribution in [0.1, 0.15) is 16.3 Å². The molecule has 0 aliphatic heterocycles. The zero-order valence-corrected chi connectivity index (χ0v) is 17.4. The molecule has 0 unspecified atom stereocenters. The van der Waals surface area contributed by atoms with E-state index in [9.17, 15) is 9.59 Å². The van der Waals surface area contributed by atoms with Crippen molar-refractivity contribution in [2.45, 2.75) is 6.54 Å². The van der Waals surface area contributed by atoms with E-state index < -0.39 is 0 Å². The number of halogens is 1. The van der Waals surface area contributed by atoms with Gasteiger partial charge >= 0.3 is 0 Å². The summed E-state index contributed by atoms with van der Waals surface area (Å²) in [5.74, 6) is 0.454. The van der Waals surface area contributed by atoms with Crippen LogP contribution in [0.25, 0.3) is 22.2 Å². The minimum atomic E-state index is -0.364. The molecule has 4 rings (SSSR count). The Labute approximate surface area is 182 Å². The maximum Gasteiger partial charge on any atom is 0.276 e. The van der Waals surface area contributed by atoms with Crippen LogP contribution in [0, 0.1) is 0 Å². The van der Waals surface area contributed by atoms with Crippen LogP contribution in [0.5, 0.6) is 0 Å². The smallest absolute Gasteiger partial charge is 0.276 e. The number of nitrogens with one attached hydrogen (secondary N) is 1. The Bertz CT molecular complexity index is 1270. The summed E-state index contributed by atoms with van der Waals surface area (Å²) < 4.78 is 10.5. The van der Waals surface area contributed by atoms with Gasteiger partial charge in [0.2, 0.25) is 0 Å². The molecule has 0 spiro atoms. The molecule has 1 amide bonds. The fourth-order valence-corrected chi connectivity index (χ4v) is 3.26. The first-order chi connectivity index (χ1) is 15.0. The van der Waals surface area contributed by atoms with Crippen LogP contribution in [0.4, 0.5) is 0 Å². The molecule has 0 radical (unpaired) electrons. The van der Waals surface area contributed by atoms with E-state index in [0.29, 0.717) is 34.1 Å². The van der Waals surface area contributed by atoms with E-state index in [1.54, 1.807) is 61.7 Å².